The first-order valence-electron chi connectivity index (χ1n) is 13.2. The number of aromatic nitrogens is 2. The first-order chi connectivity index (χ1) is 19.7. The highest BCUT2D eigenvalue weighted by atomic mass is 16.8. The lowest BCUT2D eigenvalue weighted by Gasteiger charge is -2.27. The van der Waals surface area contributed by atoms with Crippen LogP contribution in [0.15, 0.2) is 66.1 Å². The molecular formula is C30H33N5O7. The van der Waals surface area contributed by atoms with Gasteiger partial charge in [-0.2, -0.15) is 4.90 Å². The number of nitrogens with zero attached hydrogens (tertiary/aromatic N) is 4. The number of carbonyl (C=O) groups excluding carboxylic acids is 3. The van der Waals surface area contributed by atoms with Gasteiger partial charge in [0.25, 0.3) is 0 Å². The quantitative estimate of drug-likeness (QED) is 0.0994. The standard InChI is InChI=1S/C30H33N5O7/c1-29(2,3)40-26(36)35(27(37)41-30(4,5)6)24-16-32-23(15-33-24)25(31)34-42-28(38)39-17-22-20-13-9-7-11-18(20)19-12-8-10-14-21(19)22/h7-16,22H,17H2,1-6H3,(H2,31,34). The van der Waals surface area contributed by atoms with E-state index < -0.39 is 29.5 Å². The maximum atomic E-state index is 12.8. The summed E-state index contributed by atoms with van der Waals surface area (Å²) in [5, 5.41) is 3.59. The Morgan fingerprint density at radius 3 is 1.83 bits per heavy atom. The van der Waals surface area contributed by atoms with Crippen molar-refractivity contribution < 1.29 is 33.4 Å². The number of ether oxygens (including phenoxy) is 3. The third-order valence-corrected chi connectivity index (χ3v) is 5.83. The average molecular weight is 576 g/mol. The summed E-state index contributed by atoms with van der Waals surface area (Å²) in [5.41, 5.74) is 8.44. The fourth-order valence-corrected chi connectivity index (χ4v) is 4.20. The number of benzene rings is 2. The fraction of sp³-hybridized carbons (Fsp3) is 0.333. The Bertz CT molecular complexity index is 1430. The Kier molecular flexibility index (Phi) is 8.46. The van der Waals surface area contributed by atoms with E-state index in [0.717, 1.165) is 34.6 Å². The molecule has 2 N–H and O–H groups in total. The molecule has 4 rings (SSSR count). The van der Waals surface area contributed by atoms with E-state index >= 15 is 0 Å². The van der Waals surface area contributed by atoms with Gasteiger partial charge in [-0.3, -0.25) is 4.84 Å². The second kappa shape index (κ2) is 11.9. The lowest BCUT2D eigenvalue weighted by Crippen LogP contribution is -2.44. The van der Waals surface area contributed by atoms with E-state index in [-0.39, 0.29) is 29.9 Å². The molecule has 0 bridgehead atoms. The zero-order valence-electron chi connectivity index (χ0n) is 24.3. The van der Waals surface area contributed by atoms with Crippen molar-refractivity contribution in [1.82, 2.24) is 9.97 Å². The molecule has 1 heterocycles. The summed E-state index contributed by atoms with van der Waals surface area (Å²) < 4.78 is 16.0. The molecule has 0 saturated carbocycles. The third-order valence-electron chi connectivity index (χ3n) is 5.83. The number of rotatable bonds is 5. The number of carbonyl (C=O) groups is 3. The molecule has 12 nitrogen and oxygen atoms in total. The summed E-state index contributed by atoms with van der Waals surface area (Å²) in [6.07, 6.45) is -0.793. The number of hydrogen-bond donors (Lipinski definition) is 1. The molecule has 0 atom stereocenters. The minimum absolute atomic E-state index is 0.0125. The molecule has 0 aliphatic heterocycles. The molecule has 1 aliphatic carbocycles. The van der Waals surface area contributed by atoms with E-state index in [1.54, 1.807) is 41.5 Å². The predicted molar refractivity (Wildman–Crippen MR) is 154 cm³/mol. The number of anilines is 1. The summed E-state index contributed by atoms with van der Waals surface area (Å²) in [5.74, 6) is -0.612. The Morgan fingerprint density at radius 2 is 1.36 bits per heavy atom. The van der Waals surface area contributed by atoms with Crippen LogP contribution in [0.2, 0.25) is 0 Å². The minimum Gasteiger partial charge on any atom is -0.443 e. The second-order valence-corrected chi connectivity index (χ2v) is 11.4. The van der Waals surface area contributed by atoms with Gasteiger partial charge in [0, 0.05) is 5.92 Å². The zero-order valence-corrected chi connectivity index (χ0v) is 24.3. The minimum atomic E-state index is -1.05. The maximum Gasteiger partial charge on any atom is 0.535 e. The van der Waals surface area contributed by atoms with Gasteiger partial charge in [0.15, 0.2) is 11.7 Å². The Morgan fingerprint density at radius 1 is 0.833 bits per heavy atom. The highest BCUT2D eigenvalue weighted by Gasteiger charge is 2.34. The van der Waals surface area contributed by atoms with Crippen molar-refractivity contribution in [1.29, 1.82) is 0 Å². The van der Waals surface area contributed by atoms with E-state index in [1.165, 1.54) is 0 Å². The van der Waals surface area contributed by atoms with Crippen LogP contribution in [-0.4, -0.2) is 52.0 Å². The van der Waals surface area contributed by atoms with Gasteiger partial charge in [0.2, 0.25) is 0 Å². The molecule has 1 aliphatic rings. The highest BCUT2D eigenvalue weighted by molar-refractivity contribution is 6.08. The lowest BCUT2D eigenvalue weighted by atomic mass is 9.98. The molecule has 2 amide bonds. The van der Waals surface area contributed by atoms with Gasteiger partial charge >= 0.3 is 18.3 Å². The summed E-state index contributed by atoms with van der Waals surface area (Å²) in [4.78, 5) is 51.5. The smallest absolute Gasteiger partial charge is 0.443 e. The molecule has 0 spiro atoms. The van der Waals surface area contributed by atoms with E-state index in [9.17, 15) is 14.4 Å². The van der Waals surface area contributed by atoms with E-state index in [0.29, 0.717) is 4.90 Å². The summed E-state index contributed by atoms with van der Waals surface area (Å²) in [6, 6.07) is 15.9. The van der Waals surface area contributed by atoms with Crippen LogP contribution < -0.4 is 10.6 Å². The number of nitrogens with two attached hydrogens (primary N) is 1. The molecule has 220 valence electrons. The van der Waals surface area contributed by atoms with Crippen molar-refractivity contribution in [2.75, 3.05) is 11.5 Å². The first-order valence-corrected chi connectivity index (χ1v) is 13.2. The maximum absolute atomic E-state index is 12.8. The predicted octanol–water partition coefficient (Wildman–Crippen LogP) is 5.74. The Labute approximate surface area is 243 Å². The molecule has 0 unspecified atom stereocenters. The summed E-state index contributed by atoms with van der Waals surface area (Å²) >= 11 is 0. The van der Waals surface area contributed by atoms with Gasteiger partial charge in [0.1, 0.15) is 23.5 Å². The SMILES string of the molecule is CC(C)(C)OC(=O)N(C(=O)OC(C)(C)C)c1cnc(C(N)=NOC(=O)OCC2c3ccccc3-c3ccccc32)cn1. The first kappa shape index (κ1) is 30.0. The van der Waals surface area contributed by atoms with E-state index in [1.807, 2.05) is 48.5 Å². The normalized spacial score (nSPS) is 13.0. The molecular weight excluding hydrogens is 542 g/mol. The topological polar surface area (TPSA) is 156 Å². The number of imide groups is 1. The van der Waals surface area contributed by atoms with Crippen molar-refractivity contribution >= 4 is 30.0 Å². The van der Waals surface area contributed by atoms with Crippen LogP contribution in [0.3, 0.4) is 0 Å². The van der Waals surface area contributed by atoms with Gasteiger partial charge in [-0.1, -0.05) is 53.7 Å². The molecule has 1 aromatic heterocycles. The molecule has 42 heavy (non-hydrogen) atoms. The average Bonchev–Trinajstić information content (AvgIpc) is 3.22. The van der Waals surface area contributed by atoms with Crippen LogP contribution in [0.5, 0.6) is 0 Å². The molecule has 3 aromatic rings. The van der Waals surface area contributed by atoms with Crippen molar-refractivity contribution in [2.45, 2.75) is 58.7 Å². The second-order valence-electron chi connectivity index (χ2n) is 11.4. The number of amidine groups is 1. The van der Waals surface area contributed by atoms with Crippen molar-refractivity contribution in [3.63, 3.8) is 0 Å². The van der Waals surface area contributed by atoms with Crippen molar-refractivity contribution in [3.05, 3.63) is 77.7 Å². The van der Waals surface area contributed by atoms with Crippen LogP contribution >= 0.6 is 0 Å². The molecule has 0 saturated heterocycles. The fourth-order valence-electron chi connectivity index (χ4n) is 4.20. The van der Waals surface area contributed by atoms with Crippen LogP contribution in [-0.2, 0) is 19.0 Å². The number of oxime groups is 1. The van der Waals surface area contributed by atoms with Crippen molar-refractivity contribution in [2.24, 2.45) is 10.9 Å². The number of amides is 2. The monoisotopic (exact) mass is 575 g/mol. The number of hydrogen-bond acceptors (Lipinski definition) is 10. The number of fused-ring (bicyclic) bond motifs is 3. The Balaban J connectivity index is 1.42. The molecule has 2 aromatic carbocycles. The molecule has 12 heteroatoms. The van der Waals surface area contributed by atoms with Crippen molar-refractivity contribution in [3.8, 4) is 11.1 Å². The highest BCUT2D eigenvalue weighted by Crippen LogP contribution is 2.44. The third kappa shape index (κ3) is 7.19. The molecule has 0 radical (unpaired) electrons. The van der Waals surface area contributed by atoms with Crippen LogP contribution in [0.25, 0.3) is 11.1 Å². The largest absolute Gasteiger partial charge is 0.535 e. The van der Waals surface area contributed by atoms with E-state index in [4.69, 9.17) is 24.8 Å². The van der Waals surface area contributed by atoms with Crippen LogP contribution in [0.4, 0.5) is 20.2 Å². The van der Waals surface area contributed by atoms with Gasteiger partial charge in [-0.25, -0.2) is 24.4 Å². The zero-order chi connectivity index (χ0) is 30.7. The van der Waals surface area contributed by atoms with Gasteiger partial charge < -0.3 is 19.9 Å². The summed E-state index contributed by atoms with van der Waals surface area (Å²) in [7, 11) is 0. The summed E-state index contributed by atoms with van der Waals surface area (Å²) in [6.45, 7) is 9.96. The Hall–Kier alpha value is -5.00. The van der Waals surface area contributed by atoms with E-state index in [2.05, 4.69) is 15.1 Å². The van der Waals surface area contributed by atoms with Crippen LogP contribution in [0.1, 0.15) is 64.3 Å². The van der Waals surface area contributed by atoms with Gasteiger partial charge in [-0.15, -0.1) is 0 Å². The molecule has 0 fully saturated rings. The lowest BCUT2D eigenvalue weighted by molar-refractivity contribution is 0.0427. The van der Waals surface area contributed by atoms with Gasteiger partial charge in [0.05, 0.1) is 12.4 Å². The van der Waals surface area contributed by atoms with Crippen LogP contribution in [0, 0.1) is 0 Å². The van der Waals surface area contributed by atoms with Gasteiger partial charge in [-0.05, 0) is 63.8 Å².